The van der Waals surface area contributed by atoms with Crippen molar-refractivity contribution in [1.29, 1.82) is 0 Å². The molecule has 15 heavy (non-hydrogen) atoms. The number of aliphatic carboxylic acids is 1. The Balaban J connectivity index is 2.22. The van der Waals surface area contributed by atoms with Crippen LogP contribution in [-0.4, -0.2) is 40.9 Å². The number of carbonyl (C=O) groups excluding carboxylic acids is 1. The number of hydrazine groups is 1. The molecule has 0 atom stereocenters. The molecule has 1 fully saturated rings. The Kier molecular flexibility index (Phi) is 3.18. The first-order chi connectivity index (χ1) is 6.78. The van der Waals surface area contributed by atoms with Crippen molar-refractivity contribution in [3.63, 3.8) is 0 Å². The van der Waals surface area contributed by atoms with Crippen LogP contribution in [0.3, 0.4) is 0 Å². The minimum absolute atomic E-state index is 0.328. The summed E-state index contributed by atoms with van der Waals surface area (Å²) >= 11 is 0. The molecule has 0 saturated carbocycles. The lowest BCUT2D eigenvalue weighted by molar-refractivity contribution is -0.149. The van der Waals surface area contributed by atoms with Gasteiger partial charge >= 0.3 is 12.1 Å². The molecule has 6 heteroatoms. The molecule has 1 aliphatic rings. The van der Waals surface area contributed by atoms with Crippen LogP contribution in [0.4, 0.5) is 4.79 Å². The maximum absolute atomic E-state index is 11.2. The van der Waals surface area contributed by atoms with Gasteiger partial charge < -0.3 is 9.84 Å². The number of rotatable bonds is 2. The smallest absolute Gasteiger partial charge is 0.422 e. The molecule has 1 heterocycles. The van der Waals surface area contributed by atoms with E-state index < -0.39 is 17.7 Å². The molecule has 0 aliphatic carbocycles. The summed E-state index contributed by atoms with van der Waals surface area (Å²) in [5.41, 5.74) is 1.93. The number of ether oxygens (including phenoxy) is 1. The van der Waals surface area contributed by atoms with Gasteiger partial charge in [-0.25, -0.2) is 9.80 Å². The van der Waals surface area contributed by atoms with Gasteiger partial charge in [0.15, 0.2) is 0 Å². The van der Waals surface area contributed by atoms with Crippen LogP contribution in [0.25, 0.3) is 0 Å². The molecule has 0 bridgehead atoms. The molecule has 0 aromatic heterocycles. The van der Waals surface area contributed by atoms with Gasteiger partial charge in [-0.05, 0) is 20.8 Å². The summed E-state index contributed by atoms with van der Waals surface area (Å²) in [7, 11) is 0. The number of nitrogens with zero attached hydrogens (tertiary/aromatic N) is 1. The predicted octanol–water partition coefficient (Wildman–Crippen LogP) is 0.442. The summed E-state index contributed by atoms with van der Waals surface area (Å²) in [6, 6.07) is 0. The maximum Gasteiger partial charge on any atom is 0.422 e. The number of nitrogens with one attached hydrogen (secondary N) is 1. The van der Waals surface area contributed by atoms with E-state index in [0.717, 1.165) is 0 Å². The lowest BCUT2D eigenvalue weighted by Gasteiger charge is -2.36. The van der Waals surface area contributed by atoms with Gasteiger partial charge in [-0.2, -0.15) is 0 Å². The van der Waals surface area contributed by atoms with Gasteiger partial charge in [0.1, 0.15) is 5.60 Å². The normalized spacial score (nSPS) is 18.1. The average molecular weight is 216 g/mol. The third kappa shape index (κ3) is 3.75. The topological polar surface area (TPSA) is 78.9 Å². The van der Waals surface area contributed by atoms with Crippen LogP contribution in [0.5, 0.6) is 0 Å². The second-order valence-corrected chi connectivity index (χ2v) is 4.55. The lowest BCUT2D eigenvalue weighted by atomic mass is 10.0. The first kappa shape index (κ1) is 11.8. The molecular weight excluding hydrogens is 200 g/mol. The fourth-order valence-electron chi connectivity index (χ4n) is 1.16. The first-order valence-electron chi connectivity index (χ1n) is 4.75. The van der Waals surface area contributed by atoms with Crippen LogP contribution in [-0.2, 0) is 9.53 Å². The van der Waals surface area contributed by atoms with Crippen molar-refractivity contribution in [2.24, 2.45) is 5.92 Å². The molecule has 0 spiro atoms. The average Bonchev–Trinajstić information content (AvgIpc) is 1.91. The van der Waals surface area contributed by atoms with Gasteiger partial charge in [-0.3, -0.25) is 10.2 Å². The summed E-state index contributed by atoms with van der Waals surface area (Å²) in [5, 5.41) is 10.1. The van der Waals surface area contributed by atoms with Crippen LogP contribution in [0.1, 0.15) is 20.8 Å². The fourth-order valence-corrected chi connectivity index (χ4v) is 1.16. The number of carboxylic acid groups (broad SMARTS) is 1. The zero-order valence-electron chi connectivity index (χ0n) is 9.11. The molecule has 0 aromatic carbocycles. The molecule has 0 aromatic rings. The van der Waals surface area contributed by atoms with Crippen LogP contribution >= 0.6 is 0 Å². The standard InChI is InChI=1S/C9H16N2O4/c1-9(2,3)15-8(14)10-11-4-6(5-11)7(12)13/h6H,4-5H2,1-3H3,(H,10,14)(H,12,13). The van der Waals surface area contributed by atoms with E-state index in [4.69, 9.17) is 9.84 Å². The first-order valence-corrected chi connectivity index (χ1v) is 4.75. The van der Waals surface area contributed by atoms with Crippen molar-refractivity contribution in [1.82, 2.24) is 10.4 Å². The number of carboxylic acids is 1. The van der Waals surface area contributed by atoms with Crippen molar-refractivity contribution in [2.45, 2.75) is 26.4 Å². The van der Waals surface area contributed by atoms with Crippen LogP contribution in [0.2, 0.25) is 0 Å². The van der Waals surface area contributed by atoms with Crippen molar-refractivity contribution >= 4 is 12.1 Å². The summed E-state index contributed by atoms with van der Waals surface area (Å²) < 4.78 is 5.00. The minimum Gasteiger partial charge on any atom is -0.481 e. The Morgan fingerprint density at radius 2 is 1.93 bits per heavy atom. The molecule has 86 valence electrons. The van der Waals surface area contributed by atoms with E-state index in [1.165, 1.54) is 5.01 Å². The summed E-state index contributed by atoms with van der Waals surface area (Å²) in [4.78, 5) is 21.7. The highest BCUT2D eigenvalue weighted by Gasteiger charge is 2.34. The third-order valence-electron chi connectivity index (χ3n) is 1.88. The highest BCUT2D eigenvalue weighted by atomic mass is 16.6. The second kappa shape index (κ2) is 4.06. The van der Waals surface area contributed by atoms with Gasteiger partial charge in [0.2, 0.25) is 0 Å². The van der Waals surface area contributed by atoms with Gasteiger partial charge in [0.05, 0.1) is 5.92 Å². The van der Waals surface area contributed by atoms with E-state index in [0.29, 0.717) is 13.1 Å². The summed E-state index contributed by atoms with van der Waals surface area (Å²) in [5.74, 6) is -1.22. The van der Waals surface area contributed by atoms with Crippen LogP contribution in [0.15, 0.2) is 0 Å². The number of amides is 1. The van der Waals surface area contributed by atoms with Crippen LogP contribution in [0, 0.1) is 5.92 Å². The summed E-state index contributed by atoms with van der Waals surface area (Å²) in [6.45, 7) is 5.96. The molecule has 1 saturated heterocycles. The third-order valence-corrected chi connectivity index (χ3v) is 1.88. The van der Waals surface area contributed by atoms with Crippen molar-refractivity contribution < 1.29 is 19.4 Å². The van der Waals surface area contributed by atoms with Crippen molar-refractivity contribution in [3.8, 4) is 0 Å². The monoisotopic (exact) mass is 216 g/mol. The fraction of sp³-hybridized carbons (Fsp3) is 0.778. The summed E-state index contributed by atoms with van der Waals surface area (Å²) in [6.07, 6.45) is -0.550. The molecule has 2 N–H and O–H groups in total. The molecule has 6 nitrogen and oxygen atoms in total. The SMILES string of the molecule is CC(C)(C)OC(=O)NN1CC(C(=O)O)C1. The molecule has 1 amide bonds. The molecule has 0 radical (unpaired) electrons. The highest BCUT2D eigenvalue weighted by Crippen LogP contribution is 2.13. The molecule has 1 aliphatic heterocycles. The Morgan fingerprint density at radius 3 is 2.33 bits per heavy atom. The quantitative estimate of drug-likeness (QED) is 0.700. The van der Waals surface area contributed by atoms with E-state index in [1.807, 2.05) is 0 Å². The Hall–Kier alpha value is -1.30. The zero-order chi connectivity index (χ0) is 11.6. The van der Waals surface area contributed by atoms with Crippen molar-refractivity contribution in [2.75, 3.05) is 13.1 Å². The Labute approximate surface area is 88.2 Å². The van der Waals surface area contributed by atoms with E-state index in [1.54, 1.807) is 20.8 Å². The number of hydrogen-bond donors (Lipinski definition) is 2. The van der Waals surface area contributed by atoms with Crippen LogP contribution < -0.4 is 5.43 Å². The van der Waals surface area contributed by atoms with E-state index in [9.17, 15) is 9.59 Å². The lowest BCUT2D eigenvalue weighted by Crippen LogP contribution is -2.58. The second-order valence-electron chi connectivity index (χ2n) is 4.55. The predicted molar refractivity (Wildman–Crippen MR) is 52.1 cm³/mol. The Morgan fingerprint density at radius 1 is 1.40 bits per heavy atom. The number of carbonyl (C=O) groups is 2. The van der Waals surface area contributed by atoms with E-state index in [2.05, 4.69) is 5.43 Å². The molecule has 0 unspecified atom stereocenters. The van der Waals surface area contributed by atoms with Gasteiger partial charge in [-0.1, -0.05) is 0 Å². The van der Waals surface area contributed by atoms with Gasteiger partial charge in [-0.15, -0.1) is 0 Å². The molecular formula is C9H16N2O4. The van der Waals surface area contributed by atoms with Crippen molar-refractivity contribution in [3.05, 3.63) is 0 Å². The Bertz CT molecular complexity index is 266. The number of hydrogen-bond acceptors (Lipinski definition) is 4. The van der Waals surface area contributed by atoms with E-state index >= 15 is 0 Å². The maximum atomic E-state index is 11.2. The minimum atomic E-state index is -0.836. The largest absolute Gasteiger partial charge is 0.481 e. The highest BCUT2D eigenvalue weighted by molar-refractivity contribution is 5.72. The van der Waals surface area contributed by atoms with Gasteiger partial charge in [0, 0.05) is 13.1 Å². The zero-order valence-corrected chi connectivity index (χ0v) is 9.11. The molecule has 1 rings (SSSR count). The van der Waals surface area contributed by atoms with Gasteiger partial charge in [0.25, 0.3) is 0 Å². The van der Waals surface area contributed by atoms with E-state index in [-0.39, 0.29) is 5.92 Å².